The fourth-order valence-corrected chi connectivity index (χ4v) is 2.82. The van der Waals surface area contributed by atoms with Gasteiger partial charge in [-0.1, -0.05) is 24.8 Å². The van der Waals surface area contributed by atoms with Gasteiger partial charge in [0.1, 0.15) is 30.6 Å². The fourth-order valence-electron chi connectivity index (χ4n) is 2.82. The van der Waals surface area contributed by atoms with Crippen molar-refractivity contribution in [2.24, 2.45) is 0 Å². The van der Waals surface area contributed by atoms with E-state index in [9.17, 15) is 19.6 Å². The highest BCUT2D eigenvalue weighted by Gasteiger charge is 2.35. The molecule has 0 N–H and O–H groups in total. The zero-order chi connectivity index (χ0) is 22.8. The van der Waals surface area contributed by atoms with Gasteiger partial charge < -0.3 is 14.2 Å². The van der Waals surface area contributed by atoms with Crippen LogP contribution in [-0.4, -0.2) is 55.7 Å². The average molecular weight is 424 g/mol. The highest BCUT2D eigenvalue weighted by molar-refractivity contribution is 6.19. The predicted octanol–water partition coefficient (Wildman–Crippen LogP) is 2.42. The Labute approximate surface area is 181 Å². The van der Waals surface area contributed by atoms with E-state index >= 15 is 0 Å². The molecule has 8 nitrogen and oxygen atoms in total. The Balaban J connectivity index is 2.16. The minimum atomic E-state index is -0.654. The number of esters is 1. The molecule has 0 fully saturated rings. The molecule has 1 heterocycles. The number of amides is 2. The first-order chi connectivity index (χ1) is 14.9. The summed E-state index contributed by atoms with van der Waals surface area (Å²) in [6.07, 6.45) is 3.27. The Morgan fingerprint density at radius 3 is 2.48 bits per heavy atom. The van der Waals surface area contributed by atoms with Crippen LogP contribution in [0.15, 0.2) is 53.6 Å². The summed E-state index contributed by atoms with van der Waals surface area (Å²) in [5.41, 5.74) is 1.22. The van der Waals surface area contributed by atoms with E-state index in [1.54, 1.807) is 43.3 Å². The molecule has 0 bridgehead atoms. The zero-order valence-corrected chi connectivity index (χ0v) is 17.6. The molecule has 31 heavy (non-hydrogen) atoms. The molecule has 1 aliphatic heterocycles. The monoisotopic (exact) mass is 424 g/mol. The van der Waals surface area contributed by atoms with E-state index < -0.39 is 17.8 Å². The number of hydrogen-bond donors (Lipinski definition) is 0. The molecule has 0 radical (unpaired) electrons. The Morgan fingerprint density at radius 2 is 1.87 bits per heavy atom. The first kappa shape index (κ1) is 23.6. The highest BCUT2D eigenvalue weighted by atomic mass is 16.6. The van der Waals surface area contributed by atoms with Crippen LogP contribution in [0.25, 0.3) is 6.08 Å². The Morgan fingerprint density at radius 1 is 1.16 bits per heavy atom. The van der Waals surface area contributed by atoms with E-state index in [2.05, 4.69) is 6.58 Å². The molecule has 1 aromatic carbocycles. The summed E-state index contributed by atoms with van der Waals surface area (Å²) in [4.78, 5) is 37.3. The molecule has 0 spiro atoms. The lowest BCUT2D eigenvalue weighted by atomic mass is 9.93. The van der Waals surface area contributed by atoms with Crippen molar-refractivity contribution in [2.75, 3.05) is 33.0 Å². The largest absolute Gasteiger partial charge is 0.490 e. The molecule has 0 unspecified atom stereocenters. The number of nitrogens with zero attached hydrogens (tertiary/aromatic N) is 2. The second kappa shape index (κ2) is 11.5. The molecule has 1 aliphatic rings. The van der Waals surface area contributed by atoms with Gasteiger partial charge in [0.15, 0.2) is 0 Å². The van der Waals surface area contributed by atoms with Crippen LogP contribution in [0.4, 0.5) is 0 Å². The molecular formula is C23H24N2O6. The Hall–Kier alpha value is -3.70. The van der Waals surface area contributed by atoms with Crippen LogP contribution in [0.5, 0.6) is 5.75 Å². The average Bonchev–Trinajstić information content (AvgIpc) is 2.75. The van der Waals surface area contributed by atoms with E-state index in [-0.39, 0.29) is 37.5 Å². The first-order valence-electron chi connectivity index (χ1n) is 9.63. The molecule has 1 aromatic rings. The topological polar surface area (TPSA) is 106 Å². The maximum atomic E-state index is 13.0. The quantitative estimate of drug-likeness (QED) is 0.187. The summed E-state index contributed by atoms with van der Waals surface area (Å²) >= 11 is 0. The lowest BCUT2D eigenvalue weighted by Gasteiger charge is -2.27. The molecule has 2 amide bonds. The molecule has 0 aliphatic carbocycles. The molecule has 8 heteroatoms. The van der Waals surface area contributed by atoms with Crippen LogP contribution in [0, 0.1) is 11.3 Å². The van der Waals surface area contributed by atoms with Gasteiger partial charge in [0.25, 0.3) is 11.8 Å². The van der Waals surface area contributed by atoms with E-state index in [1.165, 1.54) is 6.92 Å². The second-order valence-corrected chi connectivity index (χ2v) is 6.55. The van der Waals surface area contributed by atoms with E-state index in [1.807, 2.05) is 6.07 Å². The molecule has 0 saturated heterocycles. The third kappa shape index (κ3) is 6.39. The van der Waals surface area contributed by atoms with Crippen LogP contribution in [-0.2, 0) is 23.9 Å². The van der Waals surface area contributed by atoms with Gasteiger partial charge in [-0.3, -0.25) is 19.3 Å². The van der Waals surface area contributed by atoms with Crippen molar-refractivity contribution >= 4 is 23.9 Å². The van der Waals surface area contributed by atoms with Crippen molar-refractivity contribution in [3.05, 3.63) is 59.2 Å². The Bertz CT molecular complexity index is 953. The lowest BCUT2D eigenvalue weighted by molar-refractivity contribution is -0.142. The number of carbonyl (C=O) groups is 3. The number of nitriles is 1. The Kier molecular flexibility index (Phi) is 8.73. The van der Waals surface area contributed by atoms with Crippen molar-refractivity contribution in [3.63, 3.8) is 0 Å². The van der Waals surface area contributed by atoms with Gasteiger partial charge in [-0.05, 0) is 36.3 Å². The van der Waals surface area contributed by atoms with Crippen molar-refractivity contribution in [1.29, 1.82) is 5.26 Å². The predicted molar refractivity (Wildman–Crippen MR) is 113 cm³/mol. The minimum Gasteiger partial charge on any atom is -0.490 e. The smallest absolute Gasteiger partial charge is 0.302 e. The summed E-state index contributed by atoms with van der Waals surface area (Å²) < 4.78 is 15.5. The van der Waals surface area contributed by atoms with Crippen LogP contribution in [0.2, 0.25) is 0 Å². The third-order valence-corrected chi connectivity index (χ3v) is 4.38. The number of benzene rings is 1. The van der Waals surface area contributed by atoms with Crippen molar-refractivity contribution in [2.45, 2.75) is 13.8 Å². The summed E-state index contributed by atoms with van der Waals surface area (Å²) in [5.74, 6) is -0.917. The van der Waals surface area contributed by atoms with Crippen LogP contribution < -0.4 is 4.74 Å². The molecule has 0 atom stereocenters. The normalized spacial score (nSPS) is 15.1. The van der Waals surface area contributed by atoms with Gasteiger partial charge in [0, 0.05) is 12.5 Å². The second-order valence-electron chi connectivity index (χ2n) is 6.55. The van der Waals surface area contributed by atoms with Gasteiger partial charge in [-0.25, -0.2) is 0 Å². The van der Waals surface area contributed by atoms with E-state index in [4.69, 9.17) is 14.2 Å². The molecule has 0 saturated carbocycles. The van der Waals surface area contributed by atoms with Crippen molar-refractivity contribution in [3.8, 4) is 11.8 Å². The number of carbonyl (C=O) groups excluding carboxylic acids is 3. The van der Waals surface area contributed by atoms with Crippen molar-refractivity contribution < 1.29 is 28.6 Å². The molecular weight excluding hydrogens is 400 g/mol. The van der Waals surface area contributed by atoms with Crippen LogP contribution in [0.1, 0.15) is 19.4 Å². The number of ether oxygens (including phenoxy) is 3. The van der Waals surface area contributed by atoms with E-state index in [0.29, 0.717) is 17.9 Å². The van der Waals surface area contributed by atoms with Gasteiger partial charge in [-0.2, -0.15) is 5.26 Å². The molecule has 2 rings (SSSR count). The molecule has 162 valence electrons. The van der Waals surface area contributed by atoms with Crippen LogP contribution >= 0.6 is 0 Å². The zero-order valence-electron chi connectivity index (χ0n) is 17.6. The lowest BCUT2D eigenvalue weighted by Crippen LogP contribution is -2.44. The maximum absolute atomic E-state index is 13.0. The van der Waals surface area contributed by atoms with E-state index in [0.717, 1.165) is 10.5 Å². The highest BCUT2D eigenvalue weighted by Crippen LogP contribution is 2.27. The summed E-state index contributed by atoms with van der Waals surface area (Å²) in [5, 5.41) is 9.43. The first-order valence-corrected chi connectivity index (χ1v) is 9.63. The van der Waals surface area contributed by atoms with Crippen molar-refractivity contribution in [1.82, 2.24) is 4.90 Å². The summed E-state index contributed by atoms with van der Waals surface area (Å²) in [6, 6.07) is 8.96. The summed E-state index contributed by atoms with van der Waals surface area (Å²) in [7, 11) is 0. The SMILES string of the molecule is C=CCOc1ccc(/C=C2/C(=O)N(CCOCCOC(C)=O)C(=O)C(C#N)=C2C)cc1. The van der Waals surface area contributed by atoms with Gasteiger partial charge in [0.05, 0.1) is 19.8 Å². The minimum absolute atomic E-state index is 0.0259. The van der Waals surface area contributed by atoms with Gasteiger partial charge in [0.2, 0.25) is 0 Å². The molecule has 0 aromatic heterocycles. The van der Waals surface area contributed by atoms with Gasteiger partial charge >= 0.3 is 5.97 Å². The number of hydrogen-bond acceptors (Lipinski definition) is 7. The fraction of sp³-hybridized carbons (Fsp3) is 0.304. The number of rotatable bonds is 10. The van der Waals surface area contributed by atoms with Crippen LogP contribution in [0.3, 0.4) is 0 Å². The maximum Gasteiger partial charge on any atom is 0.302 e. The summed E-state index contributed by atoms with van der Waals surface area (Å²) in [6.45, 7) is 7.09. The number of imide groups is 1. The third-order valence-electron chi connectivity index (χ3n) is 4.38. The van der Waals surface area contributed by atoms with Gasteiger partial charge in [-0.15, -0.1) is 0 Å². The standard InChI is InChI=1S/C23H24N2O6/c1-4-10-31-19-7-5-18(6-8-19)14-20-16(2)21(15-24)23(28)25(22(20)27)9-11-29-12-13-30-17(3)26/h4-8,14H,1,9-13H2,2-3H3/b20-14+.